The Hall–Kier alpha value is -1.45. The normalized spacial score (nSPS) is 12.8. The van der Waals surface area contributed by atoms with Gasteiger partial charge in [0.15, 0.2) is 0 Å². The zero-order chi connectivity index (χ0) is 12.1. The molecule has 2 aromatic rings. The second-order valence-corrected chi connectivity index (χ2v) is 4.32. The predicted molar refractivity (Wildman–Crippen MR) is 71.3 cm³/mol. The standard InChI is InChI=1S/C14H19N3/c1-2-3-6-14(17-15)12-7-8-13-11(10-12)5-4-9-16-13/h4-5,7-10,14,17H,2-3,6,15H2,1H3. The molecule has 0 radical (unpaired) electrons. The molecule has 0 bridgehead atoms. The lowest BCUT2D eigenvalue weighted by Gasteiger charge is -2.16. The maximum atomic E-state index is 5.62. The van der Waals surface area contributed by atoms with Gasteiger partial charge in [0.05, 0.1) is 5.52 Å². The van der Waals surface area contributed by atoms with E-state index in [2.05, 4.69) is 41.6 Å². The molecule has 1 aromatic carbocycles. The minimum absolute atomic E-state index is 0.236. The second kappa shape index (κ2) is 5.75. The number of rotatable bonds is 5. The van der Waals surface area contributed by atoms with E-state index >= 15 is 0 Å². The van der Waals surface area contributed by atoms with E-state index in [-0.39, 0.29) is 6.04 Å². The van der Waals surface area contributed by atoms with Crippen molar-refractivity contribution in [2.75, 3.05) is 0 Å². The summed E-state index contributed by atoms with van der Waals surface area (Å²) in [5, 5.41) is 1.17. The van der Waals surface area contributed by atoms with Crippen molar-refractivity contribution in [3.8, 4) is 0 Å². The molecule has 0 amide bonds. The van der Waals surface area contributed by atoms with Crippen LogP contribution in [0.1, 0.15) is 37.8 Å². The molecular formula is C14H19N3. The third-order valence-electron chi connectivity index (χ3n) is 3.08. The van der Waals surface area contributed by atoms with Gasteiger partial charge in [-0.25, -0.2) is 0 Å². The van der Waals surface area contributed by atoms with Crippen LogP contribution in [0.4, 0.5) is 0 Å². The number of hydrogen-bond acceptors (Lipinski definition) is 3. The lowest BCUT2D eigenvalue weighted by molar-refractivity contribution is 0.495. The van der Waals surface area contributed by atoms with Crippen LogP contribution in [0.15, 0.2) is 36.5 Å². The molecule has 17 heavy (non-hydrogen) atoms. The Bertz CT molecular complexity index is 482. The first-order valence-corrected chi connectivity index (χ1v) is 6.16. The highest BCUT2D eigenvalue weighted by Gasteiger charge is 2.09. The number of nitrogens with zero attached hydrogens (tertiary/aromatic N) is 1. The largest absolute Gasteiger partial charge is 0.271 e. The number of fused-ring (bicyclic) bond motifs is 1. The average Bonchev–Trinajstić information content (AvgIpc) is 2.39. The molecule has 0 spiro atoms. The summed E-state index contributed by atoms with van der Waals surface area (Å²) in [5.74, 6) is 5.62. The first kappa shape index (κ1) is 12.0. The Labute approximate surface area is 102 Å². The monoisotopic (exact) mass is 229 g/mol. The van der Waals surface area contributed by atoms with Gasteiger partial charge in [-0.05, 0) is 30.2 Å². The zero-order valence-corrected chi connectivity index (χ0v) is 10.2. The summed E-state index contributed by atoms with van der Waals surface area (Å²) in [7, 11) is 0. The van der Waals surface area contributed by atoms with Gasteiger partial charge in [-0.1, -0.05) is 31.9 Å². The molecule has 3 nitrogen and oxygen atoms in total. The van der Waals surface area contributed by atoms with E-state index in [4.69, 9.17) is 5.84 Å². The van der Waals surface area contributed by atoms with Crippen LogP contribution in [-0.4, -0.2) is 4.98 Å². The zero-order valence-electron chi connectivity index (χ0n) is 10.2. The van der Waals surface area contributed by atoms with Crippen LogP contribution in [0.3, 0.4) is 0 Å². The molecule has 0 aliphatic rings. The highest BCUT2D eigenvalue weighted by molar-refractivity contribution is 5.79. The summed E-state index contributed by atoms with van der Waals surface area (Å²) < 4.78 is 0. The summed E-state index contributed by atoms with van der Waals surface area (Å²) in [5.41, 5.74) is 5.17. The summed E-state index contributed by atoms with van der Waals surface area (Å²) in [4.78, 5) is 4.32. The van der Waals surface area contributed by atoms with Gasteiger partial charge in [-0.3, -0.25) is 16.3 Å². The lowest BCUT2D eigenvalue weighted by atomic mass is 10.00. The van der Waals surface area contributed by atoms with Crippen LogP contribution in [0.2, 0.25) is 0 Å². The molecule has 1 unspecified atom stereocenters. The summed E-state index contributed by atoms with van der Waals surface area (Å²) >= 11 is 0. The Morgan fingerprint density at radius 1 is 1.35 bits per heavy atom. The minimum atomic E-state index is 0.236. The van der Waals surface area contributed by atoms with E-state index in [0.29, 0.717) is 0 Å². The van der Waals surface area contributed by atoms with E-state index in [0.717, 1.165) is 11.9 Å². The SMILES string of the molecule is CCCCC(NN)c1ccc2ncccc2c1. The smallest absolute Gasteiger partial charge is 0.0702 e. The third kappa shape index (κ3) is 2.81. The topological polar surface area (TPSA) is 50.9 Å². The van der Waals surface area contributed by atoms with Gasteiger partial charge in [0.25, 0.3) is 0 Å². The van der Waals surface area contributed by atoms with Crippen LogP contribution < -0.4 is 11.3 Å². The Balaban J connectivity index is 2.27. The van der Waals surface area contributed by atoms with Gasteiger partial charge in [-0.15, -0.1) is 0 Å². The Kier molecular flexibility index (Phi) is 4.07. The molecular weight excluding hydrogens is 210 g/mol. The van der Waals surface area contributed by atoms with E-state index in [1.54, 1.807) is 0 Å². The first-order chi connectivity index (χ1) is 8.35. The Morgan fingerprint density at radius 2 is 2.24 bits per heavy atom. The summed E-state index contributed by atoms with van der Waals surface area (Å²) in [6.07, 6.45) is 5.25. The molecule has 1 aromatic heterocycles. The molecule has 1 atom stereocenters. The van der Waals surface area contributed by atoms with Crippen molar-refractivity contribution in [1.82, 2.24) is 10.4 Å². The molecule has 2 rings (SSSR count). The number of benzene rings is 1. The van der Waals surface area contributed by atoms with Crippen molar-refractivity contribution < 1.29 is 0 Å². The van der Waals surface area contributed by atoms with Gasteiger partial charge >= 0.3 is 0 Å². The van der Waals surface area contributed by atoms with Crippen molar-refractivity contribution in [2.24, 2.45) is 5.84 Å². The number of pyridine rings is 1. The number of nitrogens with one attached hydrogen (secondary N) is 1. The van der Waals surface area contributed by atoms with Crippen LogP contribution >= 0.6 is 0 Å². The highest BCUT2D eigenvalue weighted by Crippen LogP contribution is 2.22. The molecule has 0 aliphatic heterocycles. The lowest BCUT2D eigenvalue weighted by Crippen LogP contribution is -2.27. The quantitative estimate of drug-likeness (QED) is 0.612. The van der Waals surface area contributed by atoms with Crippen molar-refractivity contribution in [3.63, 3.8) is 0 Å². The van der Waals surface area contributed by atoms with E-state index < -0.39 is 0 Å². The van der Waals surface area contributed by atoms with Gasteiger partial charge in [0, 0.05) is 17.6 Å². The Morgan fingerprint density at radius 3 is 3.00 bits per heavy atom. The van der Waals surface area contributed by atoms with E-state index in [1.807, 2.05) is 12.3 Å². The first-order valence-electron chi connectivity index (χ1n) is 6.16. The maximum absolute atomic E-state index is 5.62. The molecule has 3 N–H and O–H groups in total. The van der Waals surface area contributed by atoms with Crippen LogP contribution in [0, 0.1) is 0 Å². The average molecular weight is 229 g/mol. The fraction of sp³-hybridized carbons (Fsp3) is 0.357. The molecule has 0 saturated carbocycles. The molecule has 0 aliphatic carbocycles. The summed E-state index contributed by atoms with van der Waals surface area (Å²) in [6.45, 7) is 2.19. The number of hydrazine groups is 1. The fourth-order valence-corrected chi connectivity index (χ4v) is 2.07. The van der Waals surface area contributed by atoms with Gasteiger partial charge < -0.3 is 0 Å². The second-order valence-electron chi connectivity index (χ2n) is 4.32. The summed E-state index contributed by atoms with van der Waals surface area (Å²) in [6, 6.07) is 10.6. The number of aromatic nitrogens is 1. The van der Waals surface area contributed by atoms with Gasteiger partial charge in [0.1, 0.15) is 0 Å². The van der Waals surface area contributed by atoms with Crippen molar-refractivity contribution >= 4 is 10.9 Å². The van der Waals surface area contributed by atoms with E-state index in [1.165, 1.54) is 23.8 Å². The van der Waals surface area contributed by atoms with Crippen LogP contribution in [0.25, 0.3) is 10.9 Å². The maximum Gasteiger partial charge on any atom is 0.0702 e. The molecule has 0 saturated heterocycles. The minimum Gasteiger partial charge on any atom is -0.271 e. The highest BCUT2D eigenvalue weighted by atomic mass is 15.2. The predicted octanol–water partition coefficient (Wildman–Crippen LogP) is 2.93. The van der Waals surface area contributed by atoms with Gasteiger partial charge in [0.2, 0.25) is 0 Å². The number of unbranched alkanes of at least 4 members (excludes halogenated alkanes) is 1. The molecule has 3 heteroatoms. The van der Waals surface area contributed by atoms with Crippen molar-refractivity contribution in [1.29, 1.82) is 0 Å². The molecule has 0 fully saturated rings. The van der Waals surface area contributed by atoms with Crippen LogP contribution in [-0.2, 0) is 0 Å². The van der Waals surface area contributed by atoms with Crippen molar-refractivity contribution in [2.45, 2.75) is 32.2 Å². The fourth-order valence-electron chi connectivity index (χ4n) is 2.07. The number of nitrogens with two attached hydrogens (primary N) is 1. The third-order valence-corrected chi connectivity index (χ3v) is 3.08. The number of hydrogen-bond donors (Lipinski definition) is 2. The molecule has 1 heterocycles. The van der Waals surface area contributed by atoms with Crippen LogP contribution in [0.5, 0.6) is 0 Å². The van der Waals surface area contributed by atoms with Gasteiger partial charge in [-0.2, -0.15) is 0 Å². The van der Waals surface area contributed by atoms with E-state index in [9.17, 15) is 0 Å². The van der Waals surface area contributed by atoms with Crippen molar-refractivity contribution in [3.05, 3.63) is 42.1 Å². The molecule has 90 valence electrons.